The topological polar surface area (TPSA) is 53.6 Å². The van der Waals surface area contributed by atoms with Gasteiger partial charge in [0.15, 0.2) is 0 Å². The minimum Gasteiger partial charge on any atom is -0.497 e. The quantitative estimate of drug-likeness (QED) is 0.853. The molecule has 0 saturated carbocycles. The minimum absolute atomic E-state index is 0.267. The van der Waals surface area contributed by atoms with Crippen LogP contribution in [0.3, 0.4) is 0 Å². The highest BCUT2D eigenvalue weighted by Gasteiger charge is 2.10. The molecule has 2 N–H and O–H groups in total. The van der Waals surface area contributed by atoms with Gasteiger partial charge in [0.05, 0.1) is 7.11 Å². The molecule has 2 aromatic carbocycles. The molecule has 1 aliphatic heterocycles. The number of carbonyl (C=O) groups is 1. The predicted molar refractivity (Wildman–Crippen MR) is 101 cm³/mol. The van der Waals surface area contributed by atoms with Gasteiger partial charge in [-0.05, 0) is 55.8 Å². The molecule has 5 nitrogen and oxygen atoms in total. The van der Waals surface area contributed by atoms with Crippen LogP contribution >= 0.6 is 0 Å². The Balaban J connectivity index is 1.52. The Morgan fingerprint density at radius 1 is 1.00 bits per heavy atom. The SMILES string of the molecule is COc1cccc(NC(=O)Nc2ccc(CN3CCCCC3)cc2)c1. The van der Waals surface area contributed by atoms with Crippen LogP contribution in [0.4, 0.5) is 16.2 Å². The second-order valence-electron chi connectivity index (χ2n) is 6.34. The van der Waals surface area contributed by atoms with Crippen molar-refractivity contribution in [3.05, 3.63) is 54.1 Å². The lowest BCUT2D eigenvalue weighted by Crippen LogP contribution is -2.29. The largest absolute Gasteiger partial charge is 0.497 e. The smallest absolute Gasteiger partial charge is 0.323 e. The number of methoxy groups -OCH3 is 1. The van der Waals surface area contributed by atoms with Gasteiger partial charge in [0.1, 0.15) is 5.75 Å². The van der Waals surface area contributed by atoms with Gasteiger partial charge in [-0.25, -0.2) is 4.79 Å². The maximum Gasteiger partial charge on any atom is 0.323 e. The summed E-state index contributed by atoms with van der Waals surface area (Å²) in [6.45, 7) is 3.35. The fourth-order valence-electron chi connectivity index (χ4n) is 3.06. The molecule has 132 valence electrons. The zero-order chi connectivity index (χ0) is 17.5. The number of benzene rings is 2. The Bertz CT molecular complexity index is 694. The molecule has 0 radical (unpaired) electrons. The van der Waals surface area contributed by atoms with Gasteiger partial charge in [-0.15, -0.1) is 0 Å². The molecule has 0 unspecified atom stereocenters. The van der Waals surface area contributed by atoms with Gasteiger partial charge in [-0.3, -0.25) is 4.90 Å². The van der Waals surface area contributed by atoms with E-state index < -0.39 is 0 Å². The maximum atomic E-state index is 12.1. The fraction of sp³-hybridized carbons (Fsp3) is 0.350. The summed E-state index contributed by atoms with van der Waals surface area (Å²) in [4.78, 5) is 14.6. The van der Waals surface area contributed by atoms with E-state index in [1.54, 1.807) is 13.2 Å². The molecule has 0 aromatic heterocycles. The van der Waals surface area contributed by atoms with Crippen molar-refractivity contribution in [1.29, 1.82) is 0 Å². The minimum atomic E-state index is -0.267. The third-order valence-electron chi connectivity index (χ3n) is 4.39. The third kappa shape index (κ3) is 5.22. The summed E-state index contributed by atoms with van der Waals surface area (Å²) in [5.74, 6) is 0.708. The molecule has 1 heterocycles. The first-order valence-electron chi connectivity index (χ1n) is 8.76. The van der Waals surface area contributed by atoms with Crippen LogP contribution in [0.15, 0.2) is 48.5 Å². The van der Waals surface area contributed by atoms with Crippen molar-refractivity contribution in [3.63, 3.8) is 0 Å². The second kappa shape index (κ2) is 8.53. The summed E-state index contributed by atoms with van der Waals surface area (Å²) in [6, 6.07) is 15.1. The number of anilines is 2. The van der Waals surface area contributed by atoms with Gasteiger partial charge >= 0.3 is 6.03 Å². The lowest BCUT2D eigenvalue weighted by atomic mass is 10.1. The van der Waals surface area contributed by atoms with Crippen molar-refractivity contribution < 1.29 is 9.53 Å². The summed E-state index contributed by atoms with van der Waals surface area (Å²) in [7, 11) is 1.60. The Morgan fingerprint density at radius 3 is 2.44 bits per heavy atom. The van der Waals surface area contributed by atoms with Crippen LogP contribution in [-0.4, -0.2) is 31.1 Å². The summed E-state index contributed by atoms with van der Waals surface area (Å²) in [5, 5.41) is 5.66. The Morgan fingerprint density at radius 2 is 1.72 bits per heavy atom. The van der Waals surface area contributed by atoms with E-state index in [2.05, 4.69) is 27.7 Å². The number of urea groups is 1. The van der Waals surface area contributed by atoms with Crippen LogP contribution in [0.2, 0.25) is 0 Å². The van der Waals surface area contributed by atoms with E-state index in [1.807, 2.05) is 30.3 Å². The van der Waals surface area contributed by atoms with Crippen molar-refractivity contribution >= 4 is 17.4 Å². The van der Waals surface area contributed by atoms with Crippen molar-refractivity contribution in [3.8, 4) is 5.75 Å². The summed E-state index contributed by atoms with van der Waals surface area (Å²) >= 11 is 0. The van der Waals surface area contributed by atoms with Crippen LogP contribution in [0, 0.1) is 0 Å². The molecule has 25 heavy (non-hydrogen) atoms. The number of piperidine rings is 1. The van der Waals surface area contributed by atoms with E-state index in [1.165, 1.54) is 37.9 Å². The number of likely N-dealkylation sites (tertiary alicyclic amines) is 1. The molecule has 0 atom stereocenters. The van der Waals surface area contributed by atoms with E-state index in [4.69, 9.17) is 4.74 Å². The van der Waals surface area contributed by atoms with Crippen LogP contribution in [0.25, 0.3) is 0 Å². The van der Waals surface area contributed by atoms with E-state index in [9.17, 15) is 4.79 Å². The van der Waals surface area contributed by atoms with Crippen LogP contribution in [0.1, 0.15) is 24.8 Å². The molecule has 3 rings (SSSR count). The van der Waals surface area contributed by atoms with Crippen molar-refractivity contribution in [2.45, 2.75) is 25.8 Å². The third-order valence-corrected chi connectivity index (χ3v) is 4.39. The molecule has 1 saturated heterocycles. The number of nitrogens with one attached hydrogen (secondary N) is 2. The molecule has 2 amide bonds. The van der Waals surface area contributed by atoms with Crippen LogP contribution in [0.5, 0.6) is 5.75 Å². The van der Waals surface area contributed by atoms with E-state index in [0.29, 0.717) is 11.4 Å². The van der Waals surface area contributed by atoms with Gasteiger partial charge < -0.3 is 15.4 Å². The van der Waals surface area contributed by atoms with Gasteiger partial charge in [0, 0.05) is 24.0 Å². The highest BCUT2D eigenvalue weighted by Crippen LogP contribution is 2.18. The van der Waals surface area contributed by atoms with E-state index in [0.717, 1.165) is 12.2 Å². The molecule has 0 bridgehead atoms. The standard InChI is InChI=1S/C20H25N3O2/c1-25-19-7-5-6-18(14-19)22-20(24)21-17-10-8-16(9-11-17)15-23-12-3-2-4-13-23/h5-11,14H,2-4,12-13,15H2,1H3,(H2,21,22,24). The second-order valence-corrected chi connectivity index (χ2v) is 6.34. The lowest BCUT2D eigenvalue weighted by molar-refractivity contribution is 0.221. The molecule has 1 aliphatic rings. The van der Waals surface area contributed by atoms with Crippen molar-refractivity contribution in [1.82, 2.24) is 4.90 Å². The molecule has 0 spiro atoms. The van der Waals surface area contributed by atoms with Crippen molar-refractivity contribution in [2.24, 2.45) is 0 Å². The summed E-state index contributed by atoms with van der Waals surface area (Å²) in [6.07, 6.45) is 3.94. The Hall–Kier alpha value is -2.53. The Labute approximate surface area is 149 Å². The van der Waals surface area contributed by atoms with Crippen LogP contribution in [-0.2, 0) is 6.54 Å². The van der Waals surface area contributed by atoms with Gasteiger partial charge in [0.2, 0.25) is 0 Å². The van der Waals surface area contributed by atoms with Crippen LogP contribution < -0.4 is 15.4 Å². The highest BCUT2D eigenvalue weighted by molar-refractivity contribution is 5.99. The molecule has 2 aromatic rings. The van der Waals surface area contributed by atoms with E-state index >= 15 is 0 Å². The van der Waals surface area contributed by atoms with Gasteiger partial charge in [-0.1, -0.05) is 24.6 Å². The first kappa shape index (κ1) is 17.3. The zero-order valence-corrected chi connectivity index (χ0v) is 14.6. The maximum absolute atomic E-state index is 12.1. The number of hydrogen-bond donors (Lipinski definition) is 2. The van der Waals surface area contributed by atoms with Gasteiger partial charge in [0.25, 0.3) is 0 Å². The number of carbonyl (C=O) groups excluding carboxylic acids is 1. The number of hydrogen-bond acceptors (Lipinski definition) is 3. The molecule has 1 fully saturated rings. The van der Waals surface area contributed by atoms with Crippen molar-refractivity contribution in [2.75, 3.05) is 30.8 Å². The normalized spacial score (nSPS) is 14.8. The number of rotatable bonds is 5. The summed E-state index contributed by atoms with van der Waals surface area (Å²) in [5.41, 5.74) is 2.75. The zero-order valence-electron chi connectivity index (χ0n) is 14.6. The molecule has 5 heteroatoms. The Kier molecular flexibility index (Phi) is 5.90. The molecular formula is C20H25N3O2. The highest BCUT2D eigenvalue weighted by atomic mass is 16.5. The first-order chi connectivity index (χ1) is 12.2. The number of ether oxygens (including phenoxy) is 1. The summed E-state index contributed by atoms with van der Waals surface area (Å²) < 4.78 is 5.15. The molecular weight excluding hydrogens is 314 g/mol. The predicted octanol–water partition coefficient (Wildman–Crippen LogP) is 4.33. The lowest BCUT2D eigenvalue weighted by Gasteiger charge is -2.26. The van der Waals surface area contributed by atoms with Gasteiger partial charge in [-0.2, -0.15) is 0 Å². The average Bonchev–Trinajstić information content (AvgIpc) is 2.64. The average molecular weight is 339 g/mol. The number of nitrogens with zero attached hydrogens (tertiary/aromatic N) is 1. The molecule has 0 aliphatic carbocycles. The fourth-order valence-corrected chi connectivity index (χ4v) is 3.06. The number of amides is 2. The van der Waals surface area contributed by atoms with E-state index in [-0.39, 0.29) is 6.03 Å². The first-order valence-corrected chi connectivity index (χ1v) is 8.76. The monoisotopic (exact) mass is 339 g/mol.